The Hall–Kier alpha value is -1.98. The van der Waals surface area contributed by atoms with Crippen molar-refractivity contribution >= 4 is 0 Å². The van der Waals surface area contributed by atoms with Crippen molar-refractivity contribution in [2.24, 2.45) is 0 Å². The second kappa shape index (κ2) is 10.4. The van der Waals surface area contributed by atoms with Crippen molar-refractivity contribution in [1.82, 2.24) is 0 Å². The van der Waals surface area contributed by atoms with Gasteiger partial charge in [0.2, 0.25) is 0 Å². The van der Waals surface area contributed by atoms with Gasteiger partial charge >= 0.3 is 0 Å². The first-order valence-corrected chi connectivity index (χ1v) is 9.48. The SMILES string of the molecule is C=CCC1OC(CO)CC(OCc2ccccc2)C1OCc1ccccc1. The topological polar surface area (TPSA) is 47.9 Å². The molecule has 4 atom stereocenters. The quantitative estimate of drug-likeness (QED) is 0.683. The molecule has 4 nitrogen and oxygen atoms in total. The second-order valence-corrected chi connectivity index (χ2v) is 6.84. The molecule has 1 fully saturated rings. The molecule has 0 saturated carbocycles. The molecule has 0 amide bonds. The summed E-state index contributed by atoms with van der Waals surface area (Å²) in [5.41, 5.74) is 2.23. The van der Waals surface area contributed by atoms with Crippen LogP contribution >= 0.6 is 0 Å². The molecule has 3 rings (SSSR count). The largest absolute Gasteiger partial charge is 0.394 e. The molecular weight excluding hydrogens is 340 g/mol. The number of hydrogen-bond acceptors (Lipinski definition) is 4. The first-order chi connectivity index (χ1) is 13.3. The molecule has 4 heteroatoms. The Morgan fingerprint density at radius 2 is 1.56 bits per heavy atom. The van der Waals surface area contributed by atoms with Crippen LogP contribution in [0.15, 0.2) is 73.3 Å². The molecular formula is C23H28O4. The third-order valence-corrected chi connectivity index (χ3v) is 4.79. The highest BCUT2D eigenvalue weighted by molar-refractivity contribution is 5.14. The Morgan fingerprint density at radius 1 is 0.963 bits per heavy atom. The summed E-state index contributed by atoms with van der Waals surface area (Å²) in [6.45, 7) is 4.82. The van der Waals surface area contributed by atoms with Crippen molar-refractivity contribution in [3.8, 4) is 0 Å². The molecule has 0 radical (unpaired) electrons. The van der Waals surface area contributed by atoms with E-state index in [2.05, 4.69) is 6.58 Å². The Labute approximate surface area is 161 Å². The summed E-state index contributed by atoms with van der Waals surface area (Å²) in [5, 5.41) is 9.63. The monoisotopic (exact) mass is 368 g/mol. The van der Waals surface area contributed by atoms with E-state index in [4.69, 9.17) is 14.2 Å². The molecule has 2 aromatic carbocycles. The summed E-state index contributed by atoms with van der Waals surface area (Å²) >= 11 is 0. The van der Waals surface area contributed by atoms with Crippen LogP contribution in [0.1, 0.15) is 24.0 Å². The number of ether oxygens (including phenoxy) is 3. The molecule has 1 heterocycles. The van der Waals surface area contributed by atoms with E-state index in [9.17, 15) is 5.11 Å². The summed E-state index contributed by atoms with van der Waals surface area (Å²) in [5.74, 6) is 0. The van der Waals surface area contributed by atoms with Gasteiger partial charge in [0.25, 0.3) is 0 Å². The van der Waals surface area contributed by atoms with E-state index < -0.39 is 0 Å². The third-order valence-electron chi connectivity index (χ3n) is 4.79. The fourth-order valence-electron chi connectivity index (χ4n) is 3.41. The minimum atomic E-state index is -0.243. The molecule has 2 aromatic rings. The number of benzene rings is 2. The first kappa shape index (κ1) is 19.8. The van der Waals surface area contributed by atoms with Gasteiger partial charge in [-0.25, -0.2) is 0 Å². The summed E-state index contributed by atoms with van der Waals surface area (Å²) in [6.07, 6.45) is 2.31. The lowest BCUT2D eigenvalue weighted by atomic mass is 9.95. The summed E-state index contributed by atoms with van der Waals surface area (Å²) in [6, 6.07) is 20.2. The van der Waals surface area contributed by atoms with Crippen LogP contribution in [0.4, 0.5) is 0 Å². The van der Waals surface area contributed by atoms with Crippen molar-refractivity contribution in [2.45, 2.75) is 50.5 Å². The van der Waals surface area contributed by atoms with E-state index in [1.165, 1.54) is 0 Å². The van der Waals surface area contributed by atoms with Gasteiger partial charge in [-0.2, -0.15) is 0 Å². The van der Waals surface area contributed by atoms with Crippen LogP contribution in [0, 0.1) is 0 Å². The van der Waals surface area contributed by atoms with Crippen LogP contribution in [-0.2, 0) is 27.4 Å². The molecule has 144 valence electrons. The average molecular weight is 368 g/mol. The number of aliphatic hydroxyl groups excluding tert-OH is 1. The van der Waals surface area contributed by atoms with E-state index >= 15 is 0 Å². The maximum Gasteiger partial charge on any atom is 0.111 e. The zero-order chi connectivity index (χ0) is 18.9. The summed E-state index contributed by atoms with van der Waals surface area (Å²) < 4.78 is 18.5. The fourth-order valence-corrected chi connectivity index (χ4v) is 3.41. The summed E-state index contributed by atoms with van der Waals surface area (Å²) in [4.78, 5) is 0. The molecule has 0 bridgehead atoms. The zero-order valence-electron chi connectivity index (χ0n) is 15.6. The number of hydrogen-bond donors (Lipinski definition) is 1. The molecule has 0 aliphatic carbocycles. The van der Waals surface area contributed by atoms with Gasteiger partial charge in [0.05, 0.1) is 38.1 Å². The maximum absolute atomic E-state index is 9.63. The normalized spacial score (nSPS) is 25.2. The highest BCUT2D eigenvalue weighted by atomic mass is 16.6. The Morgan fingerprint density at radius 3 is 2.11 bits per heavy atom. The number of rotatable bonds is 9. The minimum absolute atomic E-state index is 0.0236. The van der Waals surface area contributed by atoms with Crippen molar-refractivity contribution in [3.63, 3.8) is 0 Å². The molecule has 0 aromatic heterocycles. The Bertz CT molecular complexity index is 673. The van der Waals surface area contributed by atoms with E-state index in [-0.39, 0.29) is 31.0 Å². The summed E-state index contributed by atoms with van der Waals surface area (Å²) in [7, 11) is 0. The third kappa shape index (κ3) is 5.75. The van der Waals surface area contributed by atoms with Crippen molar-refractivity contribution in [2.75, 3.05) is 6.61 Å². The van der Waals surface area contributed by atoms with E-state index in [1.807, 2.05) is 66.7 Å². The molecule has 1 aliphatic heterocycles. The highest BCUT2D eigenvalue weighted by Gasteiger charge is 2.39. The lowest BCUT2D eigenvalue weighted by molar-refractivity contribution is -0.212. The molecule has 1 N–H and O–H groups in total. The van der Waals surface area contributed by atoms with Crippen LogP contribution in [0.5, 0.6) is 0 Å². The Kier molecular flexibility index (Phi) is 7.60. The molecule has 27 heavy (non-hydrogen) atoms. The van der Waals surface area contributed by atoms with Crippen molar-refractivity contribution in [3.05, 3.63) is 84.4 Å². The predicted molar refractivity (Wildman–Crippen MR) is 105 cm³/mol. The van der Waals surface area contributed by atoms with Gasteiger partial charge in [-0.05, 0) is 17.5 Å². The van der Waals surface area contributed by atoms with Crippen LogP contribution in [0.25, 0.3) is 0 Å². The lowest BCUT2D eigenvalue weighted by Crippen LogP contribution is -2.51. The van der Waals surface area contributed by atoms with Crippen molar-refractivity contribution in [1.29, 1.82) is 0 Å². The van der Waals surface area contributed by atoms with Gasteiger partial charge in [-0.1, -0.05) is 66.7 Å². The van der Waals surface area contributed by atoms with E-state index in [0.29, 0.717) is 26.1 Å². The standard InChI is InChI=1S/C23H28O4/c1-2-9-21-23(26-17-19-12-7-4-8-13-19)22(14-20(15-24)27-21)25-16-18-10-5-3-6-11-18/h2-8,10-13,20-24H,1,9,14-17H2. The van der Waals surface area contributed by atoms with E-state index in [1.54, 1.807) is 0 Å². The minimum Gasteiger partial charge on any atom is -0.394 e. The smallest absolute Gasteiger partial charge is 0.111 e. The molecule has 0 spiro atoms. The maximum atomic E-state index is 9.63. The van der Waals surface area contributed by atoms with Gasteiger partial charge < -0.3 is 19.3 Å². The van der Waals surface area contributed by atoms with Gasteiger partial charge in [0.15, 0.2) is 0 Å². The van der Waals surface area contributed by atoms with Crippen LogP contribution in [-0.4, -0.2) is 36.1 Å². The number of aliphatic hydroxyl groups is 1. The zero-order valence-corrected chi connectivity index (χ0v) is 15.6. The van der Waals surface area contributed by atoms with Crippen LogP contribution in [0.3, 0.4) is 0 Å². The van der Waals surface area contributed by atoms with Gasteiger partial charge in [-0.15, -0.1) is 6.58 Å². The van der Waals surface area contributed by atoms with Gasteiger partial charge in [0, 0.05) is 6.42 Å². The molecule has 1 saturated heterocycles. The van der Waals surface area contributed by atoms with Crippen LogP contribution < -0.4 is 0 Å². The fraction of sp³-hybridized carbons (Fsp3) is 0.391. The van der Waals surface area contributed by atoms with Crippen molar-refractivity contribution < 1.29 is 19.3 Å². The lowest BCUT2D eigenvalue weighted by Gasteiger charge is -2.41. The van der Waals surface area contributed by atoms with Gasteiger partial charge in [0.1, 0.15) is 6.10 Å². The van der Waals surface area contributed by atoms with E-state index in [0.717, 1.165) is 11.1 Å². The predicted octanol–water partition coefficient (Wildman–Crippen LogP) is 3.88. The van der Waals surface area contributed by atoms with Crippen LogP contribution in [0.2, 0.25) is 0 Å². The van der Waals surface area contributed by atoms with Gasteiger partial charge in [-0.3, -0.25) is 0 Å². The second-order valence-electron chi connectivity index (χ2n) is 6.84. The molecule has 1 aliphatic rings. The molecule has 4 unspecified atom stereocenters. The Balaban J connectivity index is 1.70. The first-order valence-electron chi connectivity index (χ1n) is 9.48. The average Bonchev–Trinajstić information content (AvgIpc) is 2.73. The highest BCUT2D eigenvalue weighted by Crippen LogP contribution is 2.29.